The standard InChI is InChI=1S/C19H11N3O5S/c23-17-11-5-1-3-7-13(11)20-19(28)21(17)18(24)16-10-9-15(27-16)12-6-2-4-8-14(12)22(25)26/h1-10H,(H,20,28). The summed E-state index contributed by atoms with van der Waals surface area (Å²) in [6, 6.07) is 15.5. The van der Waals surface area contributed by atoms with E-state index in [2.05, 4.69) is 4.98 Å². The topological polar surface area (TPSA) is 111 Å². The summed E-state index contributed by atoms with van der Waals surface area (Å²) in [7, 11) is 0. The van der Waals surface area contributed by atoms with Gasteiger partial charge in [0.1, 0.15) is 5.76 Å². The maximum absolute atomic E-state index is 12.8. The number of furan rings is 1. The van der Waals surface area contributed by atoms with Crippen molar-refractivity contribution >= 4 is 34.7 Å². The van der Waals surface area contributed by atoms with Gasteiger partial charge in [0.2, 0.25) is 0 Å². The van der Waals surface area contributed by atoms with Gasteiger partial charge in [-0.25, -0.2) is 4.57 Å². The Kier molecular flexibility index (Phi) is 4.21. The number of nitro groups is 1. The number of fused-ring (bicyclic) bond motifs is 1. The molecule has 2 aromatic carbocycles. The highest BCUT2D eigenvalue weighted by molar-refractivity contribution is 7.71. The van der Waals surface area contributed by atoms with Crippen LogP contribution in [0.1, 0.15) is 10.6 Å². The number of aromatic amines is 1. The highest BCUT2D eigenvalue weighted by Gasteiger charge is 2.21. The van der Waals surface area contributed by atoms with Gasteiger partial charge in [0.15, 0.2) is 10.5 Å². The summed E-state index contributed by atoms with van der Waals surface area (Å²) in [6.45, 7) is 0. The van der Waals surface area contributed by atoms with Gasteiger partial charge in [0.25, 0.3) is 11.2 Å². The van der Waals surface area contributed by atoms with Crippen molar-refractivity contribution in [2.24, 2.45) is 0 Å². The van der Waals surface area contributed by atoms with Gasteiger partial charge >= 0.3 is 5.91 Å². The fraction of sp³-hybridized carbons (Fsp3) is 0. The number of hydrogen-bond donors (Lipinski definition) is 1. The van der Waals surface area contributed by atoms with Crippen molar-refractivity contribution in [2.75, 3.05) is 0 Å². The molecule has 28 heavy (non-hydrogen) atoms. The molecule has 0 bridgehead atoms. The summed E-state index contributed by atoms with van der Waals surface area (Å²) in [4.78, 5) is 39.1. The number of H-pyrrole nitrogens is 1. The second-order valence-electron chi connectivity index (χ2n) is 5.86. The van der Waals surface area contributed by atoms with Gasteiger partial charge in [-0.1, -0.05) is 24.3 Å². The Morgan fingerprint density at radius 2 is 1.79 bits per heavy atom. The Labute approximate surface area is 161 Å². The third-order valence-corrected chi connectivity index (χ3v) is 4.48. The van der Waals surface area contributed by atoms with Crippen LogP contribution in [0, 0.1) is 14.9 Å². The summed E-state index contributed by atoms with van der Waals surface area (Å²) >= 11 is 5.15. The average molecular weight is 393 g/mol. The number of para-hydroxylation sites is 2. The van der Waals surface area contributed by atoms with E-state index in [0.717, 1.165) is 4.57 Å². The van der Waals surface area contributed by atoms with E-state index in [4.69, 9.17) is 16.6 Å². The number of rotatable bonds is 3. The monoisotopic (exact) mass is 393 g/mol. The molecule has 4 aromatic rings. The van der Waals surface area contributed by atoms with Crippen molar-refractivity contribution in [3.8, 4) is 11.3 Å². The molecule has 9 heteroatoms. The van der Waals surface area contributed by atoms with E-state index < -0.39 is 16.4 Å². The van der Waals surface area contributed by atoms with Gasteiger partial charge in [-0.3, -0.25) is 19.7 Å². The van der Waals surface area contributed by atoms with Crippen LogP contribution in [0.15, 0.2) is 69.9 Å². The number of hydrogen-bond acceptors (Lipinski definition) is 6. The second-order valence-corrected chi connectivity index (χ2v) is 6.25. The maximum atomic E-state index is 12.8. The predicted molar refractivity (Wildman–Crippen MR) is 104 cm³/mol. The molecular weight excluding hydrogens is 382 g/mol. The summed E-state index contributed by atoms with van der Waals surface area (Å²) < 4.78 is 6.26. The van der Waals surface area contributed by atoms with Crippen molar-refractivity contribution < 1.29 is 14.1 Å². The quantitative estimate of drug-likeness (QED) is 0.321. The Morgan fingerprint density at radius 1 is 1.07 bits per heavy atom. The molecular formula is C19H11N3O5S. The zero-order valence-corrected chi connectivity index (χ0v) is 14.9. The van der Waals surface area contributed by atoms with Crippen LogP contribution in [-0.2, 0) is 0 Å². The minimum Gasteiger partial charge on any atom is -0.451 e. The van der Waals surface area contributed by atoms with Crippen LogP contribution in [0.4, 0.5) is 5.69 Å². The summed E-state index contributed by atoms with van der Waals surface area (Å²) in [5.74, 6) is -0.786. The van der Waals surface area contributed by atoms with Crippen LogP contribution >= 0.6 is 12.2 Å². The van der Waals surface area contributed by atoms with Crippen molar-refractivity contribution in [1.82, 2.24) is 9.55 Å². The molecule has 2 aromatic heterocycles. The molecule has 0 radical (unpaired) electrons. The molecule has 1 N–H and O–H groups in total. The molecule has 0 unspecified atom stereocenters. The van der Waals surface area contributed by atoms with Crippen molar-refractivity contribution in [2.45, 2.75) is 0 Å². The lowest BCUT2D eigenvalue weighted by Gasteiger charge is -2.05. The minimum absolute atomic E-state index is 0.0719. The predicted octanol–water partition coefficient (Wildman–Crippen LogP) is 3.92. The normalized spacial score (nSPS) is 10.9. The van der Waals surface area contributed by atoms with Gasteiger partial charge in [-0.05, 0) is 42.5 Å². The summed E-state index contributed by atoms with van der Waals surface area (Å²) in [5, 5.41) is 11.5. The number of benzene rings is 2. The van der Waals surface area contributed by atoms with E-state index in [-0.39, 0.29) is 27.5 Å². The van der Waals surface area contributed by atoms with Gasteiger partial charge in [-0.2, -0.15) is 0 Å². The number of carbonyl (C=O) groups excluding carboxylic acids is 1. The molecule has 0 fully saturated rings. The Bertz CT molecular complexity index is 1370. The first-order chi connectivity index (χ1) is 13.5. The highest BCUT2D eigenvalue weighted by Crippen LogP contribution is 2.31. The van der Waals surface area contributed by atoms with Crippen LogP contribution in [0.3, 0.4) is 0 Å². The van der Waals surface area contributed by atoms with Crippen LogP contribution in [0.5, 0.6) is 0 Å². The number of nitrogens with zero attached hydrogens (tertiary/aromatic N) is 2. The maximum Gasteiger partial charge on any atom is 0.302 e. The first kappa shape index (κ1) is 17.6. The Balaban J connectivity index is 1.82. The SMILES string of the molecule is O=C(c1ccc(-c2ccccc2[N+](=O)[O-])o1)n1c(=S)[nH]c2ccccc2c1=O. The third kappa shape index (κ3) is 2.83. The van der Waals surface area contributed by atoms with E-state index >= 15 is 0 Å². The van der Waals surface area contributed by atoms with Crippen LogP contribution < -0.4 is 5.56 Å². The largest absolute Gasteiger partial charge is 0.451 e. The molecule has 138 valence electrons. The van der Waals surface area contributed by atoms with Gasteiger partial charge in [0.05, 0.1) is 21.4 Å². The van der Waals surface area contributed by atoms with Crippen LogP contribution in [-0.4, -0.2) is 20.4 Å². The Morgan fingerprint density at radius 3 is 2.57 bits per heavy atom. The van der Waals surface area contributed by atoms with Crippen LogP contribution in [0.25, 0.3) is 22.2 Å². The van der Waals surface area contributed by atoms with Gasteiger partial charge in [-0.15, -0.1) is 0 Å². The lowest BCUT2D eigenvalue weighted by molar-refractivity contribution is -0.384. The van der Waals surface area contributed by atoms with Crippen molar-refractivity contribution in [1.29, 1.82) is 0 Å². The zero-order chi connectivity index (χ0) is 19.8. The van der Waals surface area contributed by atoms with Gasteiger partial charge in [0, 0.05) is 6.07 Å². The summed E-state index contributed by atoms with van der Waals surface area (Å²) in [5.41, 5.74) is 0.00756. The second kappa shape index (κ2) is 6.71. The van der Waals surface area contributed by atoms with E-state index in [1.807, 2.05) is 0 Å². The average Bonchev–Trinajstić information content (AvgIpc) is 3.18. The molecule has 0 amide bonds. The molecule has 0 aliphatic rings. The molecule has 0 atom stereocenters. The number of nitro benzene ring substituents is 1. The lowest BCUT2D eigenvalue weighted by Crippen LogP contribution is -2.28. The highest BCUT2D eigenvalue weighted by atomic mass is 32.1. The smallest absolute Gasteiger partial charge is 0.302 e. The fourth-order valence-corrected chi connectivity index (χ4v) is 3.17. The molecule has 0 spiro atoms. The fourth-order valence-electron chi connectivity index (χ4n) is 2.90. The minimum atomic E-state index is -0.762. The van der Waals surface area contributed by atoms with Crippen LogP contribution in [0.2, 0.25) is 0 Å². The summed E-state index contributed by atoms with van der Waals surface area (Å²) in [6.07, 6.45) is 0. The number of carbonyl (C=O) groups is 1. The first-order valence-corrected chi connectivity index (χ1v) is 8.50. The molecule has 2 heterocycles. The van der Waals surface area contributed by atoms with Gasteiger partial charge < -0.3 is 9.40 Å². The zero-order valence-electron chi connectivity index (χ0n) is 14.1. The van der Waals surface area contributed by atoms with Crippen molar-refractivity contribution in [3.05, 3.63) is 91.7 Å². The van der Waals surface area contributed by atoms with E-state index in [0.29, 0.717) is 10.9 Å². The van der Waals surface area contributed by atoms with E-state index in [1.54, 1.807) is 30.3 Å². The third-order valence-electron chi connectivity index (χ3n) is 4.19. The Hall–Kier alpha value is -3.85. The molecule has 8 nitrogen and oxygen atoms in total. The molecule has 0 saturated heterocycles. The lowest BCUT2D eigenvalue weighted by atomic mass is 10.1. The van der Waals surface area contributed by atoms with E-state index in [9.17, 15) is 19.7 Å². The number of nitrogens with one attached hydrogen (secondary N) is 1. The molecule has 4 rings (SSSR count). The number of aromatic nitrogens is 2. The van der Waals surface area contributed by atoms with Crippen molar-refractivity contribution in [3.63, 3.8) is 0 Å². The first-order valence-electron chi connectivity index (χ1n) is 8.10. The van der Waals surface area contributed by atoms with E-state index in [1.165, 1.54) is 30.3 Å². The molecule has 0 saturated carbocycles. The molecule has 0 aliphatic heterocycles. The molecule has 0 aliphatic carbocycles.